The van der Waals surface area contributed by atoms with Crippen LogP contribution in [0.1, 0.15) is 31.1 Å². The average Bonchev–Trinajstić information content (AvgIpc) is 2.67. The number of nitrogens with zero attached hydrogens (tertiary/aromatic N) is 3. The minimum absolute atomic E-state index is 0.136. The molecular formula is C18H23N3O6. The van der Waals surface area contributed by atoms with Gasteiger partial charge in [-0.3, -0.25) is 9.82 Å². The molecule has 1 aromatic rings. The zero-order valence-corrected chi connectivity index (χ0v) is 14.9. The van der Waals surface area contributed by atoms with E-state index in [1.54, 1.807) is 24.5 Å². The number of piperidine rings is 1. The summed E-state index contributed by atoms with van der Waals surface area (Å²) in [7, 11) is 0. The van der Waals surface area contributed by atoms with E-state index in [0.29, 0.717) is 18.2 Å². The molecule has 0 aliphatic carbocycles. The summed E-state index contributed by atoms with van der Waals surface area (Å²) in [5.74, 6) is -2.79. The molecule has 0 spiro atoms. The molecule has 0 radical (unpaired) electrons. The van der Waals surface area contributed by atoms with E-state index in [1.165, 1.54) is 6.42 Å². The standard InChI is InChI=1S/C18H23N3O6/c22-16(23)9-15(18(24)25)21-17(13-5-4-6-19-10-13)27-14(12-26-21)11-20-7-2-1-3-8-20/h4-6,9-10,14,17H,1-3,7-8,11-12H2,(H,22,23)(H,24,25)/b15-9-. The Hall–Kier alpha value is -2.49. The molecule has 0 aromatic carbocycles. The monoisotopic (exact) mass is 377 g/mol. The second-order valence-corrected chi connectivity index (χ2v) is 6.55. The van der Waals surface area contributed by atoms with Crippen molar-refractivity contribution in [2.75, 3.05) is 26.2 Å². The third-order valence-electron chi connectivity index (χ3n) is 4.53. The zero-order chi connectivity index (χ0) is 19.2. The van der Waals surface area contributed by atoms with Crippen LogP contribution >= 0.6 is 0 Å². The molecule has 2 aliphatic heterocycles. The van der Waals surface area contributed by atoms with Crippen LogP contribution in [0.4, 0.5) is 0 Å². The van der Waals surface area contributed by atoms with Crippen molar-refractivity contribution in [3.63, 3.8) is 0 Å². The molecule has 146 valence electrons. The molecule has 0 amide bonds. The molecule has 3 rings (SSSR count). The van der Waals surface area contributed by atoms with Crippen molar-refractivity contribution < 1.29 is 29.4 Å². The predicted molar refractivity (Wildman–Crippen MR) is 93.3 cm³/mol. The lowest BCUT2D eigenvalue weighted by Gasteiger charge is -2.41. The summed E-state index contributed by atoms with van der Waals surface area (Å²) >= 11 is 0. The van der Waals surface area contributed by atoms with Gasteiger partial charge < -0.3 is 19.8 Å². The Morgan fingerprint density at radius 2 is 2.04 bits per heavy atom. The quantitative estimate of drug-likeness (QED) is 0.707. The zero-order valence-electron chi connectivity index (χ0n) is 14.9. The van der Waals surface area contributed by atoms with Crippen LogP contribution in [0.15, 0.2) is 36.3 Å². The summed E-state index contributed by atoms with van der Waals surface area (Å²) in [4.78, 5) is 34.6. The van der Waals surface area contributed by atoms with Crippen molar-refractivity contribution in [3.8, 4) is 0 Å². The Morgan fingerprint density at radius 3 is 2.67 bits per heavy atom. The number of hydrogen-bond donors (Lipinski definition) is 2. The van der Waals surface area contributed by atoms with Crippen LogP contribution < -0.4 is 0 Å². The van der Waals surface area contributed by atoms with Gasteiger partial charge in [-0.15, -0.1) is 0 Å². The maximum Gasteiger partial charge on any atom is 0.354 e. The first-order valence-electron chi connectivity index (χ1n) is 8.92. The summed E-state index contributed by atoms with van der Waals surface area (Å²) in [5, 5.41) is 19.4. The van der Waals surface area contributed by atoms with Gasteiger partial charge in [-0.25, -0.2) is 14.7 Å². The van der Waals surface area contributed by atoms with Gasteiger partial charge in [0.15, 0.2) is 11.9 Å². The van der Waals surface area contributed by atoms with Crippen LogP contribution in [0.25, 0.3) is 0 Å². The predicted octanol–water partition coefficient (Wildman–Crippen LogP) is 1.25. The summed E-state index contributed by atoms with van der Waals surface area (Å²) in [6.07, 6.45) is 6.10. The lowest BCUT2D eigenvalue weighted by atomic mass is 10.1. The number of ether oxygens (including phenoxy) is 1. The molecule has 2 unspecified atom stereocenters. The molecule has 2 N–H and O–H groups in total. The van der Waals surface area contributed by atoms with Gasteiger partial charge >= 0.3 is 11.9 Å². The topological polar surface area (TPSA) is 112 Å². The molecule has 1 aromatic heterocycles. The number of hydrogen-bond acceptors (Lipinski definition) is 7. The number of carboxylic acids is 2. The molecule has 0 bridgehead atoms. The highest BCUT2D eigenvalue weighted by atomic mass is 16.7. The van der Waals surface area contributed by atoms with Crippen molar-refractivity contribution in [2.45, 2.75) is 31.6 Å². The van der Waals surface area contributed by atoms with E-state index in [2.05, 4.69) is 9.88 Å². The first-order valence-corrected chi connectivity index (χ1v) is 8.92. The van der Waals surface area contributed by atoms with E-state index >= 15 is 0 Å². The molecule has 27 heavy (non-hydrogen) atoms. The number of hydroxylamine groups is 2. The van der Waals surface area contributed by atoms with Crippen LogP contribution in [0.2, 0.25) is 0 Å². The normalized spacial score (nSPS) is 24.6. The lowest BCUT2D eigenvalue weighted by Crippen LogP contribution is -2.48. The van der Waals surface area contributed by atoms with Crippen LogP contribution in [-0.2, 0) is 19.2 Å². The minimum Gasteiger partial charge on any atom is -0.478 e. The van der Waals surface area contributed by atoms with E-state index in [4.69, 9.17) is 14.7 Å². The second kappa shape index (κ2) is 8.94. The molecule has 2 atom stereocenters. The largest absolute Gasteiger partial charge is 0.478 e. The average molecular weight is 377 g/mol. The molecule has 3 heterocycles. The number of aromatic nitrogens is 1. The SMILES string of the molecule is O=C(O)/C=C(/C(=O)O)N1OCC(CN2CCCCC2)OC1c1cccnc1. The maximum absolute atomic E-state index is 11.6. The Balaban J connectivity index is 1.81. The van der Waals surface area contributed by atoms with Crippen molar-refractivity contribution >= 4 is 11.9 Å². The van der Waals surface area contributed by atoms with Crippen molar-refractivity contribution in [1.82, 2.24) is 14.9 Å². The second-order valence-electron chi connectivity index (χ2n) is 6.55. The number of carbonyl (C=O) groups is 2. The molecule has 2 saturated heterocycles. The highest BCUT2D eigenvalue weighted by Gasteiger charge is 2.36. The van der Waals surface area contributed by atoms with Gasteiger partial charge in [-0.1, -0.05) is 12.5 Å². The molecule has 2 aliphatic rings. The summed E-state index contributed by atoms with van der Waals surface area (Å²) in [6, 6.07) is 3.43. The van der Waals surface area contributed by atoms with Crippen molar-refractivity contribution in [1.29, 1.82) is 0 Å². The van der Waals surface area contributed by atoms with E-state index in [1.807, 2.05) is 0 Å². The van der Waals surface area contributed by atoms with Crippen molar-refractivity contribution in [2.24, 2.45) is 0 Å². The molecule has 9 heteroatoms. The first-order chi connectivity index (χ1) is 13.0. The highest BCUT2D eigenvalue weighted by molar-refractivity contribution is 5.93. The Labute approximate surface area is 156 Å². The van der Waals surface area contributed by atoms with E-state index in [-0.39, 0.29) is 12.7 Å². The third kappa shape index (κ3) is 5.03. The summed E-state index contributed by atoms with van der Waals surface area (Å²) in [6.45, 7) is 2.81. The maximum atomic E-state index is 11.6. The first kappa shape index (κ1) is 19.3. The lowest BCUT2D eigenvalue weighted by molar-refractivity contribution is -0.312. The van der Waals surface area contributed by atoms with Gasteiger partial charge in [0.25, 0.3) is 0 Å². The molecular weight excluding hydrogens is 354 g/mol. The van der Waals surface area contributed by atoms with Gasteiger partial charge in [-0.2, -0.15) is 0 Å². The Bertz CT molecular complexity index is 690. The number of pyridine rings is 1. The van der Waals surface area contributed by atoms with E-state index in [0.717, 1.165) is 31.0 Å². The summed E-state index contributed by atoms with van der Waals surface area (Å²) in [5.41, 5.74) is 0.0751. The van der Waals surface area contributed by atoms with E-state index < -0.39 is 23.9 Å². The van der Waals surface area contributed by atoms with Gasteiger partial charge in [0.05, 0.1) is 12.2 Å². The number of rotatable bonds is 6. The number of carboxylic acid groups (broad SMARTS) is 2. The van der Waals surface area contributed by atoms with Crippen molar-refractivity contribution in [3.05, 3.63) is 41.9 Å². The fourth-order valence-corrected chi connectivity index (χ4v) is 3.30. The van der Waals surface area contributed by atoms with E-state index in [9.17, 15) is 14.7 Å². The molecule has 2 fully saturated rings. The van der Waals surface area contributed by atoms with Crippen LogP contribution in [0.3, 0.4) is 0 Å². The van der Waals surface area contributed by atoms with Crippen LogP contribution in [0, 0.1) is 0 Å². The van der Waals surface area contributed by atoms with Crippen LogP contribution in [-0.4, -0.2) is 69.4 Å². The third-order valence-corrected chi connectivity index (χ3v) is 4.53. The number of likely N-dealkylation sites (tertiary alicyclic amines) is 1. The number of aliphatic carboxylic acids is 2. The van der Waals surface area contributed by atoms with Gasteiger partial charge in [0, 0.05) is 24.5 Å². The Kier molecular flexibility index (Phi) is 6.38. The fraction of sp³-hybridized carbons (Fsp3) is 0.500. The van der Waals surface area contributed by atoms with Gasteiger partial charge in [0.2, 0.25) is 0 Å². The van der Waals surface area contributed by atoms with Crippen LogP contribution in [0.5, 0.6) is 0 Å². The van der Waals surface area contributed by atoms with Gasteiger partial charge in [-0.05, 0) is 32.0 Å². The molecule has 9 nitrogen and oxygen atoms in total. The minimum atomic E-state index is -1.41. The fourth-order valence-electron chi connectivity index (χ4n) is 3.30. The Morgan fingerprint density at radius 1 is 1.26 bits per heavy atom. The summed E-state index contributed by atoms with van der Waals surface area (Å²) < 4.78 is 6.12. The highest BCUT2D eigenvalue weighted by Crippen LogP contribution is 2.31. The van der Waals surface area contributed by atoms with Gasteiger partial charge in [0.1, 0.15) is 6.61 Å². The molecule has 0 saturated carbocycles. The smallest absolute Gasteiger partial charge is 0.354 e.